The van der Waals surface area contributed by atoms with Gasteiger partial charge >= 0.3 is 6.36 Å². The fourth-order valence-corrected chi connectivity index (χ4v) is 3.08. The summed E-state index contributed by atoms with van der Waals surface area (Å²) >= 11 is 0. The maximum atomic E-state index is 13.0. The SMILES string of the molecule is O=C(Cc1ccccc1)Nn1c(C2CC2)nc2c(OC(F)(F)F)cccc2c1=O. The summed E-state index contributed by atoms with van der Waals surface area (Å²) in [5.41, 5.74) is 2.49. The molecule has 1 N–H and O–H groups in total. The van der Waals surface area contributed by atoms with Gasteiger partial charge in [-0.05, 0) is 30.5 Å². The Morgan fingerprint density at radius 3 is 2.52 bits per heavy atom. The summed E-state index contributed by atoms with van der Waals surface area (Å²) in [7, 11) is 0. The second-order valence-corrected chi connectivity index (χ2v) is 6.78. The standard InChI is InChI=1S/C20H16F3N3O3/c21-20(22,23)29-15-8-4-7-14-17(15)24-18(13-9-10-13)26(19(14)28)25-16(27)11-12-5-2-1-3-6-12/h1-8,13H,9-11H2,(H,25,27). The van der Waals surface area contributed by atoms with E-state index in [4.69, 9.17) is 0 Å². The van der Waals surface area contributed by atoms with Crippen LogP contribution in [0.4, 0.5) is 13.2 Å². The van der Waals surface area contributed by atoms with Gasteiger partial charge in [-0.15, -0.1) is 13.2 Å². The minimum atomic E-state index is -4.91. The second kappa shape index (κ2) is 7.23. The van der Waals surface area contributed by atoms with Crippen LogP contribution >= 0.6 is 0 Å². The number of rotatable bonds is 5. The Balaban J connectivity index is 1.74. The molecule has 2 aromatic carbocycles. The molecule has 1 saturated carbocycles. The maximum absolute atomic E-state index is 13.0. The molecule has 1 aromatic heterocycles. The van der Waals surface area contributed by atoms with E-state index in [2.05, 4.69) is 15.1 Å². The lowest BCUT2D eigenvalue weighted by Crippen LogP contribution is -2.37. The van der Waals surface area contributed by atoms with Gasteiger partial charge in [0.05, 0.1) is 11.8 Å². The maximum Gasteiger partial charge on any atom is 0.573 e. The molecule has 0 atom stereocenters. The number of carbonyl (C=O) groups excluding carboxylic acids is 1. The first-order valence-electron chi connectivity index (χ1n) is 8.97. The molecule has 150 valence electrons. The Bertz CT molecular complexity index is 1120. The zero-order chi connectivity index (χ0) is 20.6. The van der Waals surface area contributed by atoms with Crippen LogP contribution in [0, 0.1) is 0 Å². The molecule has 1 aliphatic rings. The molecule has 1 aliphatic carbocycles. The van der Waals surface area contributed by atoms with Crippen molar-refractivity contribution in [2.45, 2.75) is 31.5 Å². The highest BCUT2D eigenvalue weighted by Gasteiger charge is 2.34. The summed E-state index contributed by atoms with van der Waals surface area (Å²) in [5.74, 6) is -0.856. The van der Waals surface area contributed by atoms with Gasteiger partial charge in [-0.2, -0.15) is 0 Å². The van der Waals surface area contributed by atoms with E-state index in [0.29, 0.717) is 0 Å². The fraction of sp³-hybridized carbons (Fsp3) is 0.250. The quantitative estimate of drug-likeness (QED) is 0.708. The molecular weight excluding hydrogens is 387 g/mol. The number of nitrogens with zero attached hydrogens (tertiary/aromatic N) is 2. The highest BCUT2D eigenvalue weighted by molar-refractivity contribution is 5.87. The van der Waals surface area contributed by atoms with E-state index in [9.17, 15) is 22.8 Å². The highest BCUT2D eigenvalue weighted by atomic mass is 19.4. The topological polar surface area (TPSA) is 73.2 Å². The van der Waals surface area contributed by atoms with Crippen molar-refractivity contribution in [3.05, 3.63) is 70.3 Å². The molecule has 3 aromatic rings. The number of aromatic nitrogens is 2. The number of benzene rings is 2. The van der Waals surface area contributed by atoms with Crippen molar-refractivity contribution >= 4 is 16.8 Å². The number of amides is 1. The molecule has 0 radical (unpaired) electrons. The zero-order valence-electron chi connectivity index (χ0n) is 15.1. The summed E-state index contributed by atoms with van der Waals surface area (Å²) in [6.45, 7) is 0. The number of nitrogens with one attached hydrogen (secondary N) is 1. The van der Waals surface area contributed by atoms with E-state index < -0.39 is 23.6 Å². The Labute approximate surface area is 162 Å². The zero-order valence-corrected chi connectivity index (χ0v) is 15.1. The number of halogens is 3. The van der Waals surface area contributed by atoms with Crippen LogP contribution in [0.2, 0.25) is 0 Å². The largest absolute Gasteiger partial charge is 0.573 e. The Kier molecular flexibility index (Phi) is 4.73. The van der Waals surface area contributed by atoms with E-state index in [1.807, 2.05) is 6.07 Å². The van der Waals surface area contributed by atoms with Crippen molar-refractivity contribution in [2.24, 2.45) is 0 Å². The molecule has 4 rings (SSSR count). The number of fused-ring (bicyclic) bond motifs is 1. The third kappa shape index (κ3) is 4.23. The third-order valence-corrected chi connectivity index (χ3v) is 4.50. The van der Waals surface area contributed by atoms with Gasteiger partial charge in [0, 0.05) is 5.92 Å². The third-order valence-electron chi connectivity index (χ3n) is 4.50. The monoisotopic (exact) mass is 403 g/mol. The van der Waals surface area contributed by atoms with E-state index >= 15 is 0 Å². The van der Waals surface area contributed by atoms with Crippen molar-refractivity contribution in [3.8, 4) is 5.75 Å². The number of alkyl halides is 3. The molecular formula is C20H16F3N3O3. The Hall–Kier alpha value is -3.36. The normalized spacial score (nSPS) is 14.0. The summed E-state index contributed by atoms with van der Waals surface area (Å²) in [6, 6.07) is 12.7. The molecule has 1 amide bonds. The molecule has 1 fully saturated rings. The average Bonchev–Trinajstić information content (AvgIpc) is 3.49. The first-order valence-corrected chi connectivity index (χ1v) is 8.97. The van der Waals surface area contributed by atoms with Crippen LogP contribution < -0.4 is 15.7 Å². The van der Waals surface area contributed by atoms with Crippen molar-refractivity contribution in [2.75, 3.05) is 5.43 Å². The van der Waals surface area contributed by atoms with Gasteiger partial charge in [0.15, 0.2) is 5.75 Å². The van der Waals surface area contributed by atoms with E-state index in [0.717, 1.165) is 29.1 Å². The lowest BCUT2D eigenvalue weighted by atomic mass is 10.1. The Morgan fingerprint density at radius 1 is 1.14 bits per heavy atom. The average molecular weight is 403 g/mol. The molecule has 0 unspecified atom stereocenters. The van der Waals surface area contributed by atoms with Crippen LogP contribution in [-0.4, -0.2) is 21.9 Å². The van der Waals surface area contributed by atoms with Crippen LogP contribution in [0.3, 0.4) is 0 Å². The number of para-hydroxylation sites is 1. The number of ether oxygens (including phenoxy) is 1. The molecule has 0 bridgehead atoms. The number of carbonyl (C=O) groups is 1. The van der Waals surface area contributed by atoms with E-state index in [1.165, 1.54) is 12.1 Å². The summed E-state index contributed by atoms with van der Waals surface area (Å²) in [6.07, 6.45) is -3.40. The van der Waals surface area contributed by atoms with Crippen LogP contribution in [0.5, 0.6) is 5.75 Å². The van der Waals surface area contributed by atoms with E-state index in [-0.39, 0.29) is 29.1 Å². The van der Waals surface area contributed by atoms with Crippen LogP contribution in [0.15, 0.2) is 53.3 Å². The summed E-state index contributed by atoms with van der Waals surface area (Å²) < 4.78 is 43.2. The molecule has 0 spiro atoms. The van der Waals surface area contributed by atoms with Crippen molar-refractivity contribution in [1.82, 2.24) is 9.66 Å². The predicted octanol–water partition coefficient (Wildman–Crippen LogP) is 3.49. The predicted molar refractivity (Wildman–Crippen MR) is 99.2 cm³/mol. The molecule has 1 heterocycles. The molecule has 29 heavy (non-hydrogen) atoms. The fourth-order valence-electron chi connectivity index (χ4n) is 3.08. The van der Waals surface area contributed by atoms with Crippen molar-refractivity contribution in [1.29, 1.82) is 0 Å². The number of hydrogen-bond acceptors (Lipinski definition) is 4. The molecule has 6 nitrogen and oxygen atoms in total. The molecule has 0 aliphatic heterocycles. The molecule has 0 saturated heterocycles. The summed E-state index contributed by atoms with van der Waals surface area (Å²) in [4.78, 5) is 29.7. The van der Waals surface area contributed by atoms with Crippen molar-refractivity contribution < 1.29 is 22.7 Å². The summed E-state index contributed by atoms with van der Waals surface area (Å²) in [5, 5.41) is -0.0730. The Morgan fingerprint density at radius 2 is 1.86 bits per heavy atom. The second-order valence-electron chi connectivity index (χ2n) is 6.78. The van der Waals surface area contributed by atoms with Crippen LogP contribution in [0.1, 0.15) is 30.1 Å². The molecule has 9 heteroatoms. The van der Waals surface area contributed by atoms with Gasteiger partial charge in [0.1, 0.15) is 11.3 Å². The van der Waals surface area contributed by atoms with Gasteiger partial charge in [0.2, 0.25) is 5.91 Å². The van der Waals surface area contributed by atoms with Gasteiger partial charge < -0.3 is 4.74 Å². The lowest BCUT2D eigenvalue weighted by Gasteiger charge is -2.16. The van der Waals surface area contributed by atoms with Crippen molar-refractivity contribution in [3.63, 3.8) is 0 Å². The number of hydrogen-bond donors (Lipinski definition) is 1. The van der Waals surface area contributed by atoms with Crippen LogP contribution in [0.25, 0.3) is 10.9 Å². The first kappa shape index (κ1) is 19.0. The van der Waals surface area contributed by atoms with Gasteiger partial charge in [-0.3, -0.25) is 15.0 Å². The first-order chi connectivity index (χ1) is 13.8. The van der Waals surface area contributed by atoms with Crippen LogP contribution in [-0.2, 0) is 11.2 Å². The minimum Gasteiger partial charge on any atom is -0.403 e. The van der Waals surface area contributed by atoms with Gasteiger partial charge in [-0.1, -0.05) is 36.4 Å². The smallest absolute Gasteiger partial charge is 0.403 e. The minimum absolute atomic E-state index is 0.0483. The lowest BCUT2D eigenvalue weighted by molar-refractivity contribution is -0.274. The highest BCUT2D eigenvalue weighted by Crippen LogP contribution is 2.39. The van der Waals surface area contributed by atoms with Gasteiger partial charge in [-0.25, -0.2) is 9.66 Å². The van der Waals surface area contributed by atoms with Gasteiger partial charge in [0.25, 0.3) is 5.56 Å². The van der Waals surface area contributed by atoms with E-state index in [1.54, 1.807) is 24.3 Å².